The standard InChI is InChI=1S/2C2H5OS.2CH3.Sn/c2*3-1-2-4;;;/h2*4H,1-2H2;2*1H3;/q2*-1;;;+2. The molecular formula is C6H16O2S2Sn. The van der Waals surface area contributed by atoms with Crippen LogP contribution in [0.2, 0.25) is 9.88 Å². The van der Waals surface area contributed by atoms with E-state index in [4.69, 9.17) is 6.15 Å². The summed E-state index contributed by atoms with van der Waals surface area (Å²) < 4.78 is 11.1. The molecule has 0 unspecified atom stereocenters. The molecule has 0 aliphatic rings. The van der Waals surface area contributed by atoms with Crippen molar-refractivity contribution >= 4 is 44.5 Å². The minimum atomic E-state index is -2.53. The van der Waals surface area contributed by atoms with Crippen LogP contribution in [0.5, 0.6) is 0 Å². The van der Waals surface area contributed by atoms with Gasteiger partial charge in [0.2, 0.25) is 0 Å². The molecule has 0 aliphatic carbocycles. The molecule has 0 atom stereocenters. The van der Waals surface area contributed by atoms with Crippen LogP contribution in [0.4, 0.5) is 0 Å². The van der Waals surface area contributed by atoms with Crippen molar-refractivity contribution in [1.29, 1.82) is 0 Å². The molecule has 0 heterocycles. The molecular weight excluding hydrogens is 287 g/mol. The van der Waals surface area contributed by atoms with E-state index in [1.807, 2.05) is 0 Å². The van der Waals surface area contributed by atoms with E-state index < -0.39 is 19.2 Å². The maximum atomic E-state index is 5.56. The fourth-order valence-electron chi connectivity index (χ4n) is 0.625. The van der Waals surface area contributed by atoms with Gasteiger partial charge in [-0.1, -0.05) is 0 Å². The van der Waals surface area contributed by atoms with Crippen LogP contribution in [0.1, 0.15) is 0 Å². The summed E-state index contributed by atoms with van der Waals surface area (Å²) in [5, 5.41) is 0. The molecule has 0 bridgehead atoms. The van der Waals surface area contributed by atoms with Crippen molar-refractivity contribution in [1.82, 2.24) is 0 Å². The van der Waals surface area contributed by atoms with Crippen molar-refractivity contribution in [3.63, 3.8) is 0 Å². The number of rotatable bonds is 6. The molecule has 0 rings (SSSR count). The molecule has 2 nitrogen and oxygen atoms in total. The second kappa shape index (κ2) is 6.88. The maximum absolute atomic E-state index is 5.56. The second-order valence-corrected chi connectivity index (χ2v) is 13.1. The minimum absolute atomic E-state index is 0.707. The molecule has 0 aromatic rings. The van der Waals surface area contributed by atoms with Gasteiger partial charge in [0, 0.05) is 0 Å². The van der Waals surface area contributed by atoms with Gasteiger partial charge in [-0.05, 0) is 0 Å². The number of hydrogen-bond donors (Lipinski definition) is 2. The van der Waals surface area contributed by atoms with E-state index in [9.17, 15) is 0 Å². The summed E-state index contributed by atoms with van der Waals surface area (Å²) in [6.45, 7) is 1.41. The Balaban J connectivity index is 3.43. The summed E-state index contributed by atoms with van der Waals surface area (Å²) in [5.74, 6) is 1.54. The first-order chi connectivity index (χ1) is 5.12. The van der Waals surface area contributed by atoms with E-state index >= 15 is 0 Å². The van der Waals surface area contributed by atoms with E-state index in [0.717, 1.165) is 11.5 Å². The molecule has 0 radical (unpaired) electrons. The van der Waals surface area contributed by atoms with Gasteiger partial charge in [0.05, 0.1) is 0 Å². The van der Waals surface area contributed by atoms with Crippen molar-refractivity contribution in [2.24, 2.45) is 0 Å². The number of thiol groups is 2. The predicted molar refractivity (Wildman–Crippen MR) is 57.1 cm³/mol. The van der Waals surface area contributed by atoms with Crippen LogP contribution in [0.3, 0.4) is 0 Å². The summed E-state index contributed by atoms with van der Waals surface area (Å²) in [5.41, 5.74) is 0. The van der Waals surface area contributed by atoms with E-state index in [-0.39, 0.29) is 0 Å². The van der Waals surface area contributed by atoms with Crippen molar-refractivity contribution in [3.05, 3.63) is 0 Å². The quantitative estimate of drug-likeness (QED) is 0.573. The zero-order chi connectivity index (χ0) is 8.74. The fraction of sp³-hybridized carbons (Fsp3) is 1.00. The Morgan fingerprint density at radius 1 is 1.00 bits per heavy atom. The van der Waals surface area contributed by atoms with Gasteiger partial charge in [0.1, 0.15) is 0 Å². The molecule has 0 amide bonds. The molecule has 0 aliphatic heterocycles. The summed E-state index contributed by atoms with van der Waals surface area (Å²) >= 11 is 5.59. The fourth-order valence-corrected chi connectivity index (χ4v) is 5.41. The average Bonchev–Trinajstić information content (AvgIpc) is 1.97. The monoisotopic (exact) mass is 304 g/mol. The van der Waals surface area contributed by atoms with Crippen LogP contribution >= 0.6 is 25.3 Å². The van der Waals surface area contributed by atoms with Gasteiger partial charge in [0.15, 0.2) is 0 Å². The van der Waals surface area contributed by atoms with Crippen molar-refractivity contribution in [2.45, 2.75) is 9.88 Å². The Kier molecular flexibility index (Phi) is 7.77. The molecule has 0 aromatic heterocycles. The van der Waals surface area contributed by atoms with Crippen LogP contribution in [0.25, 0.3) is 0 Å². The average molecular weight is 303 g/mol. The van der Waals surface area contributed by atoms with E-state index in [0.29, 0.717) is 13.2 Å². The molecule has 11 heavy (non-hydrogen) atoms. The Hall–Kier alpha value is 1.42. The topological polar surface area (TPSA) is 18.5 Å². The normalized spacial score (nSPS) is 12.0. The predicted octanol–water partition coefficient (Wildman–Crippen LogP) is 1.58. The molecule has 0 N–H and O–H groups in total. The summed E-state index contributed by atoms with van der Waals surface area (Å²) in [6, 6.07) is 0. The first-order valence-electron chi connectivity index (χ1n) is 3.62. The molecule has 68 valence electrons. The Labute approximate surface area is 84.8 Å². The third-order valence-electron chi connectivity index (χ3n) is 1.08. The van der Waals surface area contributed by atoms with Crippen LogP contribution in [-0.2, 0) is 6.15 Å². The second-order valence-electron chi connectivity index (χ2n) is 2.54. The summed E-state index contributed by atoms with van der Waals surface area (Å²) in [4.78, 5) is 4.20. The molecule has 0 spiro atoms. The van der Waals surface area contributed by atoms with E-state index in [1.165, 1.54) is 0 Å². The first-order valence-corrected chi connectivity index (χ1v) is 12.9. The SMILES string of the molecule is [CH3][Sn]([CH3])([O]CCS)[O]CCS. The zero-order valence-electron chi connectivity index (χ0n) is 7.04. The molecule has 0 saturated carbocycles. The van der Waals surface area contributed by atoms with Crippen LogP contribution in [-0.4, -0.2) is 43.9 Å². The van der Waals surface area contributed by atoms with Gasteiger partial charge in [0.25, 0.3) is 0 Å². The zero-order valence-corrected chi connectivity index (χ0v) is 11.7. The van der Waals surface area contributed by atoms with Gasteiger partial charge < -0.3 is 0 Å². The van der Waals surface area contributed by atoms with E-state index in [1.54, 1.807) is 0 Å². The van der Waals surface area contributed by atoms with Gasteiger partial charge in [-0.2, -0.15) is 0 Å². The molecule has 0 fully saturated rings. The van der Waals surface area contributed by atoms with Crippen molar-refractivity contribution < 1.29 is 6.15 Å². The number of hydrogen-bond acceptors (Lipinski definition) is 4. The Morgan fingerprint density at radius 3 is 1.64 bits per heavy atom. The van der Waals surface area contributed by atoms with E-state index in [2.05, 4.69) is 35.1 Å². The third kappa shape index (κ3) is 7.77. The van der Waals surface area contributed by atoms with Crippen LogP contribution < -0.4 is 0 Å². The third-order valence-corrected chi connectivity index (χ3v) is 6.58. The van der Waals surface area contributed by atoms with Gasteiger partial charge >= 0.3 is 85.2 Å². The molecule has 5 heteroatoms. The summed E-state index contributed by atoms with van der Waals surface area (Å²) in [6.07, 6.45) is 0. The van der Waals surface area contributed by atoms with Gasteiger partial charge in [-0.25, -0.2) is 0 Å². The van der Waals surface area contributed by atoms with Crippen molar-refractivity contribution in [3.8, 4) is 0 Å². The van der Waals surface area contributed by atoms with Gasteiger partial charge in [-0.15, -0.1) is 0 Å². The Morgan fingerprint density at radius 2 is 1.36 bits per heavy atom. The van der Waals surface area contributed by atoms with Gasteiger partial charge in [-0.3, -0.25) is 0 Å². The first kappa shape index (κ1) is 12.4. The molecule has 0 aromatic carbocycles. The summed E-state index contributed by atoms with van der Waals surface area (Å²) in [7, 11) is 0. The Bertz CT molecular complexity index is 90.6. The van der Waals surface area contributed by atoms with Crippen LogP contribution in [0, 0.1) is 0 Å². The molecule has 0 saturated heterocycles. The van der Waals surface area contributed by atoms with Crippen LogP contribution in [0.15, 0.2) is 0 Å². The van der Waals surface area contributed by atoms with Crippen molar-refractivity contribution in [2.75, 3.05) is 24.7 Å².